The van der Waals surface area contributed by atoms with Crippen LogP contribution in [0.1, 0.15) is 43.6 Å². The Hall–Kier alpha value is -1.20. The molecule has 0 saturated carbocycles. The molecule has 0 radical (unpaired) electrons. The van der Waals surface area contributed by atoms with Gasteiger partial charge in [0.1, 0.15) is 0 Å². The van der Waals surface area contributed by atoms with Crippen LogP contribution in [0.25, 0.3) is 0 Å². The molecule has 2 N–H and O–H groups in total. The van der Waals surface area contributed by atoms with Crippen molar-refractivity contribution in [2.75, 3.05) is 25.1 Å². The zero-order chi connectivity index (χ0) is 15.5. The number of ether oxygens (including phenoxy) is 1. The summed E-state index contributed by atoms with van der Waals surface area (Å²) in [5, 5.41) is 13.6. The van der Waals surface area contributed by atoms with E-state index in [1.165, 1.54) is 5.56 Å². The van der Waals surface area contributed by atoms with E-state index in [9.17, 15) is 5.11 Å². The Morgan fingerprint density at radius 3 is 2.29 bits per heavy atom. The molecule has 0 aromatic carbocycles. The molecule has 1 aliphatic heterocycles. The van der Waals surface area contributed by atoms with E-state index in [0.717, 1.165) is 17.8 Å². The molecule has 5 heteroatoms. The monoisotopic (exact) mass is 293 g/mol. The summed E-state index contributed by atoms with van der Waals surface area (Å²) >= 11 is 0. The summed E-state index contributed by atoms with van der Waals surface area (Å²) in [6.07, 6.45) is 2.31. The number of hydrogen-bond acceptors (Lipinski definition) is 5. The van der Waals surface area contributed by atoms with Crippen LogP contribution in [0.3, 0.4) is 0 Å². The van der Waals surface area contributed by atoms with Gasteiger partial charge < -0.3 is 15.2 Å². The van der Waals surface area contributed by atoms with E-state index in [2.05, 4.69) is 29.1 Å². The second-order valence-electron chi connectivity index (χ2n) is 6.48. The van der Waals surface area contributed by atoms with Crippen molar-refractivity contribution in [3.05, 3.63) is 17.0 Å². The minimum atomic E-state index is -0.708. The van der Waals surface area contributed by atoms with Crippen LogP contribution in [0.4, 0.5) is 5.95 Å². The molecule has 0 aliphatic carbocycles. The van der Waals surface area contributed by atoms with E-state index in [1.807, 2.05) is 13.8 Å². The highest BCUT2D eigenvalue weighted by Gasteiger charge is 2.29. The topological polar surface area (TPSA) is 67.3 Å². The summed E-state index contributed by atoms with van der Waals surface area (Å²) in [6.45, 7) is 10.2. The Morgan fingerprint density at radius 1 is 1.19 bits per heavy atom. The standard InChI is InChI=1S/C16H27N3O2/c1-11(2)9-14-12(3)18-15(19-13(14)4)17-10-16(20)5-7-21-8-6-16/h11,20H,5-10H2,1-4H3,(H,17,18,19). The van der Waals surface area contributed by atoms with Gasteiger partial charge in [-0.25, -0.2) is 9.97 Å². The zero-order valence-corrected chi connectivity index (χ0v) is 13.6. The highest BCUT2D eigenvalue weighted by molar-refractivity contribution is 5.34. The van der Waals surface area contributed by atoms with Crippen molar-refractivity contribution < 1.29 is 9.84 Å². The maximum absolute atomic E-state index is 10.4. The molecule has 1 aromatic rings. The highest BCUT2D eigenvalue weighted by Crippen LogP contribution is 2.21. The van der Waals surface area contributed by atoms with E-state index in [0.29, 0.717) is 44.5 Å². The number of nitrogens with one attached hydrogen (secondary N) is 1. The van der Waals surface area contributed by atoms with Crippen LogP contribution in [0.5, 0.6) is 0 Å². The van der Waals surface area contributed by atoms with Crippen LogP contribution >= 0.6 is 0 Å². The molecule has 1 saturated heterocycles. The number of anilines is 1. The minimum Gasteiger partial charge on any atom is -0.388 e. The SMILES string of the molecule is Cc1nc(NCC2(O)CCOCC2)nc(C)c1CC(C)C. The molecular formula is C16H27N3O2. The third kappa shape index (κ3) is 4.38. The first kappa shape index (κ1) is 16.2. The highest BCUT2D eigenvalue weighted by atomic mass is 16.5. The Kier molecular flexibility index (Phi) is 5.17. The van der Waals surface area contributed by atoms with Gasteiger partial charge in [0.25, 0.3) is 0 Å². The van der Waals surface area contributed by atoms with Gasteiger partial charge in [-0.2, -0.15) is 0 Å². The van der Waals surface area contributed by atoms with Gasteiger partial charge in [-0.3, -0.25) is 0 Å². The molecule has 2 rings (SSSR count). The van der Waals surface area contributed by atoms with Crippen LogP contribution < -0.4 is 5.32 Å². The molecule has 118 valence electrons. The van der Waals surface area contributed by atoms with Gasteiger partial charge in [0.2, 0.25) is 5.95 Å². The molecule has 0 spiro atoms. The van der Waals surface area contributed by atoms with Crippen molar-refractivity contribution in [2.24, 2.45) is 5.92 Å². The predicted octanol–water partition coefficient (Wildman–Crippen LogP) is 2.25. The molecule has 0 bridgehead atoms. The van der Waals surface area contributed by atoms with Crippen LogP contribution in [-0.4, -0.2) is 40.4 Å². The van der Waals surface area contributed by atoms with Gasteiger partial charge in [-0.1, -0.05) is 13.8 Å². The number of aliphatic hydroxyl groups is 1. The summed E-state index contributed by atoms with van der Waals surface area (Å²) < 4.78 is 5.29. The van der Waals surface area contributed by atoms with Crippen LogP contribution in [0, 0.1) is 19.8 Å². The Morgan fingerprint density at radius 2 is 1.76 bits per heavy atom. The molecule has 1 aliphatic rings. The molecule has 21 heavy (non-hydrogen) atoms. The molecule has 0 atom stereocenters. The van der Waals surface area contributed by atoms with E-state index in [4.69, 9.17) is 4.74 Å². The second-order valence-corrected chi connectivity index (χ2v) is 6.48. The van der Waals surface area contributed by atoms with Crippen LogP contribution in [0.2, 0.25) is 0 Å². The maximum Gasteiger partial charge on any atom is 0.223 e. The van der Waals surface area contributed by atoms with Crippen molar-refractivity contribution >= 4 is 5.95 Å². The minimum absolute atomic E-state index is 0.471. The van der Waals surface area contributed by atoms with Crippen molar-refractivity contribution in [1.29, 1.82) is 0 Å². The Bertz CT molecular complexity index is 459. The van der Waals surface area contributed by atoms with E-state index < -0.39 is 5.60 Å². The summed E-state index contributed by atoms with van der Waals surface area (Å²) in [5.74, 6) is 1.20. The number of hydrogen-bond donors (Lipinski definition) is 2. The average molecular weight is 293 g/mol. The number of aromatic nitrogens is 2. The van der Waals surface area contributed by atoms with Crippen LogP contribution in [0.15, 0.2) is 0 Å². The van der Waals surface area contributed by atoms with Crippen molar-refractivity contribution in [3.63, 3.8) is 0 Å². The fourth-order valence-corrected chi connectivity index (χ4v) is 2.69. The van der Waals surface area contributed by atoms with Crippen molar-refractivity contribution in [3.8, 4) is 0 Å². The predicted molar refractivity (Wildman–Crippen MR) is 83.5 cm³/mol. The first-order valence-electron chi connectivity index (χ1n) is 7.78. The lowest BCUT2D eigenvalue weighted by molar-refractivity contribution is -0.0544. The summed E-state index contributed by atoms with van der Waals surface area (Å²) in [7, 11) is 0. The summed E-state index contributed by atoms with van der Waals surface area (Å²) in [5.41, 5.74) is 2.58. The number of nitrogens with zero attached hydrogens (tertiary/aromatic N) is 2. The summed E-state index contributed by atoms with van der Waals surface area (Å²) in [4.78, 5) is 9.08. The number of rotatable bonds is 5. The van der Waals surface area contributed by atoms with Crippen molar-refractivity contribution in [2.45, 2.75) is 52.6 Å². The largest absolute Gasteiger partial charge is 0.388 e. The molecular weight excluding hydrogens is 266 g/mol. The second kappa shape index (κ2) is 6.71. The first-order valence-corrected chi connectivity index (χ1v) is 7.78. The van der Waals surface area contributed by atoms with Gasteiger partial charge in [-0.05, 0) is 31.7 Å². The molecule has 2 heterocycles. The quantitative estimate of drug-likeness (QED) is 0.871. The van der Waals surface area contributed by atoms with E-state index in [1.54, 1.807) is 0 Å². The smallest absolute Gasteiger partial charge is 0.223 e. The third-order valence-electron chi connectivity index (χ3n) is 4.03. The normalized spacial score (nSPS) is 18.0. The average Bonchev–Trinajstić information content (AvgIpc) is 2.41. The zero-order valence-electron chi connectivity index (χ0n) is 13.6. The van der Waals surface area contributed by atoms with E-state index >= 15 is 0 Å². The molecule has 1 fully saturated rings. The molecule has 1 aromatic heterocycles. The molecule has 0 amide bonds. The summed E-state index contributed by atoms with van der Waals surface area (Å²) in [6, 6.07) is 0. The van der Waals surface area contributed by atoms with E-state index in [-0.39, 0.29) is 0 Å². The maximum atomic E-state index is 10.4. The number of aryl methyl sites for hydroxylation is 2. The van der Waals surface area contributed by atoms with Crippen LogP contribution in [-0.2, 0) is 11.2 Å². The molecule has 5 nitrogen and oxygen atoms in total. The van der Waals surface area contributed by atoms with Gasteiger partial charge >= 0.3 is 0 Å². The fraction of sp³-hybridized carbons (Fsp3) is 0.750. The molecule has 0 unspecified atom stereocenters. The van der Waals surface area contributed by atoms with Gasteiger partial charge in [0.05, 0.1) is 5.60 Å². The lowest BCUT2D eigenvalue weighted by Gasteiger charge is -2.32. The first-order chi connectivity index (χ1) is 9.89. The Balaban J connectivity index is 2.04. The lowest BCUT2D eigenvalue weighted by atomic mass is 9.94. The van der Waals surface area contributed by atoms with Gasteiger partial charge in [0, 0.05) is 44.0 Å². The van der Waals surface area contributed by atoms with Gasteiger partial charge in [0.15, 0.2) is 0 Å². The third-order valence-corrected chi connectivity index (χ3v) is 4.03. The lowest BCUT2D eigenvalue weighted by Crippen LogP contribution is -2.42. The Labute approximate surface area is 127 Å². The van der Waals surface area contributed by atoms with Crippen molar-refractivity contribution in [1.82, 2.24) is 9.97 Å². The van der Waals surface area contributed by atoms with Gasteiger partial charge in [-0.15, -0.1) is 0 Å². The fourth-order valence-electron chi connectivity index (χ4n) is 2.69.